The fourth-order valence-electron chi connectivity index (χ4n) is 1.38. The Balaban J connectivity index is 2.81. The third kappa shape index (κ3) is 2.79. The quantitative estimate of drug-likeness (QED) is 0.752. The summed E-state index contributed by atoms with van der Waals surface area (Å²) in [5.41, 5.74) is 0. The molecule has 0 saturated heterocycles. The lowest BCUT2D eigenvalue weighted by Crippen LogP contribution is -2.39. The molecule has 0 atom stereocenters. The lowest BCUT2D eigenvalue weighted by Gasteiger charge is -2.24. The van der Waals surface area contributed by atoms with Crippen molar-refractivity contribution in [2.75, 3.05) is 13.2 Å². The Morgan fingerprint density at radius 1 is 1.56 bits per heavy atom. The van der Waals surface area contributed by atoms with E-state index in [4.69, 9.17) is 5.11 Å². The number of aromatic amines is 1. The van der Waals surface area contributed by atoms with E-state index in [2.05, 4.69) is 15.2 Å². The van der Waals surface area contributed by atoms with Gasteiger partial charge in [0, 0.05) is 19.0 Å². The van der Waals surface area contributed by atoms with Crippen LogP contribution in [0.3, 0.4) is 0 Å². The van der Waals surface area contributed by atoms with Gasteiger partial charge in [0.1, 0.15) is 5.82 Å². The lowest BCUT2D eigenvalue weighted by atomic mass is 10.3. The third-order valence-electron chi connectivity index (χ3n) is 2.28. The molecule has 0 bridgehead atoms. The average Bonchev–Trinajstić information content (AvgIpc) is 2.73. The van der Waals surface area contributed by atoms with E-state index >= 15 is 0 Å². The molecule has 0 spiro atoms. The second kappa shape index (κ2) is 5.60. The molecule has 1 amide bonds. The summed E-state index contributed by atoms with van der Waals surface area (Å²) in [5, 5.41) is 15.5. The van der Waals surface area contributed by atoms with Crippen molar-refractivity contribution < 1.29 is 9.90 Å². The number of hydrogen-bond acceptors (Lipinski definition) is 4. The fourth-order valence-corrected chi connectivity index (χ4v) is 1.38. The van der Waals surface area contributed by atoms with Crippen LogP contribution in [0.2, 0.25) is 0 Å². The summed E-state index contributed by atoms with van der Waals surface area (Å²) in [6.45, 7) is 5.95. The van der Waals surface area contributed by atoms with Crippen LogP contribution < -0.4 is 0 Å². The number of aryl methyl sites for hydroxylation is 1. The number of carbonyl (C=O) groups is 1. The molecule has 0 radical (unpaired) electrons. The maximum Gasteiger partial charge on any atom is 0.293 e. The van der Waals surface area contributed by atoms with E-state index in [1.54, 1.807) is 4.90 Å². The molecule has 0 fully saturated rings. The lowest BCUT2D eigenvalue weighted by molar-refractivity contribution is 0.0653. The van der Waals surface area contributed by atoms with E-state index in [-0.39, 0.29) is 24.4 Å². The van der Waals surface area contributed by atoms with Crippen LogP contribution in [0.1, 0.15) is 37.2 Å². The van der Waals surface area contributed by atoms with Crippen molar-refractivity contribution in [3.05, 3.63) is 11.6 Å². The minimum atomic E-state index is -0.250. The smallest absolute Gasteiger partial charge is 0.293 e. The van der Waals surface area contributed by atoms with E-state index in [9.17, 15) is 4.79 Å². The predicted molar refractivity (Wildman–Crippen MR) is 59.0 cm³/mol. The molecule has 6 heteroatoms. The zero-order chi connectivity index (χ0) is 12.1. The summed E-state index contributed by atoms with van der Waals surface area (Å²) in [5.74, 6) is 0.607. The van der Waals surface area contributed by atoms with Crippen LogP contribution in [0.4, 0.5) is 0 Å². The van der Waals surface area contributed by atoms with Gasteiger partial charge in [-0.1, -0.05) is 6.92 Å². The third-order valence-corrected chi connectivity index (χ3v) is 2.28. The average molecular weight is 226 g/mol. The van der Waals surface area contributed by atoms with Crippen LogP contribution in [0.5, 0.6) is 0 Å². The number of H-pyrrole nitrogens is 1. The predicted octanol–water partition coefficient (Wildman–Crippen LogP) is 0.210. The van der Waals surface area contributed by atoms with Crippen LogP contribution in [0.25, 0.3) is 0 Å². The molecular weight excluding hydrogens is 208 g/mol. The second-order valence-electron chi connectivity index (χ2n) is 3.78. The Labute approximate surface area is 94.7 Å². The van der Waals surface area contributed by atoms with Crippen molar-refractivity contribution in [2.24, 2.45) is 0 Å². The largest absolute Gasteiger partial charge is 0.395 e. The maximum atomic E-state index is 12.0. The van der Waals surface area contributed by atoms with Gasteiger partial charge in [-0.05, 0) is 13.8 Å². The normalized spacial score (nSPS) is 10.8. The summed E-state index contributed by atoms with van der Waals surface area (Å²) in [6.07, 6.45) is 0.710. The van der Waals surface area contributed by atoms with Gasteiger partial charge in [-0.2, -0.15) is 0 Å². The molecule has 6 nitrogen and oxygen atoms in total. The van der Waals surface area contributed by atoms with Crippen molar-refractivity contribution in [1.29, 1.82) is 0 Å². The molecule has 16 heavy (non-hydrogen) atoms. The molecule has 2 N–H and O–H groups in total. The number of amides is 1. The Hall–Kier alpha value is -1.43. The van der Waals surface area contributed by atoms with E-state index in [0.29, 0.717) is 18.8 Å². The number of aliphatic hydroxyl groups excluding tert-OH is 1. The van der Waals surface area contributed by atoms with Gasteiger partial charge < -0.3 is 10.0 Å². The van der Waals surface area contributed by atoms with Crippen LogP contribution in [0.15, 0.2) is 0 Å². The van der Waals surface area contributed by atoms with Gasteiger partial charge in [0.05, 0.1) is 6.61 Å². The molecular formula is C10H18N4O2. The molecule has 0 aliphatic heterocycles. The van der Waals surface area contributed by atoms with E-state index in [1.165, 1.54) is 0 Å². The van der Waals surface area contributed by atoms with Crippen molar-refractivity contribution in [1.82, 2.24) is 20.1 Å². The zero-order valence-electron chi connectivity index (χ0n) is 9.90. The first kappa shape index (κ1) is 12.6. The highest BCUT2D eigenvalue weighted by molar-refractivity contribution is 5.90. The molecule has 1 heterocycles. The van der Waals surface area contributed by atoms with Gasteiger partial charge >= 0.3 is 0 Å². The number of aliphatic hydroxyl groups is 1. The second-order valence-corrected chi connectivity index (χ2v) is 3.78. The summed E-state index contributed by atoms with van der Waals surface area (Å²) >= 11 is 0. The summed E-state index contributed by atoms with van der Waals surface area (Å²) < 4.78 is 0. The Morgan fingerprint density at radius 3 is 2.69 bits per heavy atom. The molecule has 1 rings (SSSR count). The fraction of sp³-hybridized carbons (Fsp3) is 0.700. The van der Waals surface area contributed by atoms with Gasteiger partial charge in [-0.3, -0.25) is 9.89 Å². The van der Waals surface area contributed by atoms with Gasteiger partial charge in [0.25, 0.3) is 5.91 Å². The van der Waals surface area contributed by atoms with Crippen molar-refractivity contribution in [3.63, 3.8) is 0 Å². The van der Waals surface area contributed by atoms with Crippen LogP contribution in [-0.2, 0) is 6.42 Å². The highest BCUT2D eigenvalue weighted by Gasteiger charge is 2.21. The van der Waals surface area contributed by atoms with Gasteiger partial charge in [-0.25, -0.2) is 4.98 Å². The molecule has 0 saturated carbocycles. The van der Waals surface area contributed by atoms with E-state index in [0.717, 1.165) is 0 Å². The zero-order valence-corrected chi connectivity index (χ0v) is 9.90. The Bertz CT molecular complexity index is 348. The van der Waals surface area contributed by atoms with Crippen LogP contribution in [-0.4, -0.2) is 50.3 Å². The highest BCUT2D eigenvalue weighted by atomic mass is 16.3. The number of hydrogen-bond donors (Lipinski definition) is 2. The minimum absolute atomic E-state index is 0.0169. The first-order valence-electron chi connectivity index (χ1n) is 5.43. The Morgan fingerprint density at radius 2 is 2.25 bits per heavy atom. The molecule has 1 aromatic heterocycles. The van der Waals surface area contributed by atoms with Crippen molar-refractivity contribution in [2.45, 2.75) is 33.2 Å². The first-order chi connectivity index (χ1) is 7.60. The molecule has 90 valence electrons. The SMILES string of the molecule is CCc1nc(C(=O)N(CCO)C(C)C)n[nH]1. The summed E-state index contributed by atoms with van der Waals surface area (Å²) in [6, 6.07) is 0.0169. The molecule has 0 aliphatic rings. The topological polar surface area (TPSA) is 82.1 Å². The minimum Gasteiger partial charge on any atom is -0.395 e. The summed E-state index contributed by atoms with van der Waals surface area (Å²) in [7, 11) is 0. The molecule has 0 aliphatic carbocycles. The number of nitrogens with zero attached hydrogens (tertiary/aromatic N) is 3. The number of rotatable bonds is 5. The number of carbonyl (C=O) groups excluding carboxylic acids is 1. The van der Waals surface area contributed by atoms with Gasteiger partial charge in [0.2, 0.25) is 5.82 Å². The van der Waals surface area contributed by atoms with Crippen LogP contribution >= 0.6 is 0 Å². The van der Waals surface area contributed by atoms with Gasteiger partial charge in [-0.15, -0.1) is 5.10 Å². The summed E-state index contributed by atoms with van der Waals surface area (Å²) in [4.78, 5) is 17.6. The monoisotopic (exact) mass is 226 g/mol. The molecule has 0 unspecified atom stereocenters. The van der Waals surface area contributed by atoms with Gasteiger partial charge in [0.15, 0.2) is 0 Å². The standard InChI is InChI=1S/C10H18N4O2/c1-4-8-11-9(13-12-8)10(16)14(5-6-15)7(2)3/h7,15H,4-6H2,1-3H3,(H,11,12,13). The number of nitrogens with one attached hydrogen (secondary N) is 1. The molecule has 0 aromatic carbocycles. The highest BCUT2D eigenvalue weighted by Crippen LogP contribution is 2.04. The van der Waals surface area contributed by atoms with Crippen LogP contribution in [0, 0.1) is 0 Å². The van der Waals surface area contributed by atoms with E-state index < -0.39 is 0 Å². The van der Waals surface area contributed by atoms with E-state index in [1.807, 2.05) is 20.8 Å². The maximum absolute atomic E-state index is 12.0. The first-order valence-corrected chi connectivity index (χ1v) is 5.43. The number of aromatic nitrogens is 3. The van der Waals surface area contributed by atoms with Crippen molar-refractivity contribution >= 4 is 5.91 Å². The Kier molecular flexibility index (Phi) is 4.42. The molecule has 1 aromatic rings. The van der Waals surface area contributed by atoms with Crippen molar-refractivity contribution in [3.8, 4) is 0 Å².